The number of oxazole rings is 1. The number of fused-ring (bicyclic) bond motifs is 12. The molecule has 13 aromatic carbocycles. The number of hydrogen-bond donors (Lipinski definition) is 1. The molecule has 0 fully saturated rings. The summed E-state index contributed by atoms with van der Waals surface area (Å²) in [7, 11) is 0. The maximum atomic E-state index is 10.7. The van der Waals surface area contributed by atoms with Gasteiger partial charge >= 0.3 is 11.6 Å². The van der Waals surface area contributed by atoms with E-state index in [-0.39, 0.29) is 19.0 Å². The third-order valence-electron chi connectivity index (χ3n) is 19.6. The summed E-state index contributed by atoms with van der Waals surface area (Å²) in [6, 6.07) is 114. The standard InChI is InChI=1S/C9H7N.C9H6O2.C9H10.C9H8.C8H7N.C8H9N.C8H6O2.2C8H8O.C8H6O.C7H6N2.C7H5NO.C7H5NS.13C2H6.CH4/c1-2-6-9-8(4-1)5-3-7-10-9;10-9-6-5-7-3-1-2-4-8(7)11-9;2*1-2-5-9-7-3-6-8(9)4-1;1-2-4-8-7(3-1)5-6-9-8;1-7-4-2-3-5-8(7)6-9;9-8-5-6-3-1-2-4-7(6)10-8;3*1-2-4-8-7(3-1)5-6-9-8;1-2-4-7-6(3-1)5-8-9-7;2*1-2-4-7-6(3-1)8-5-9-7;13*1-2;/h1-7H;1-6H;1-2,4-5H,3,6-7H2;1-6H,7H2;1-4,6H,5H2;2-6,9H,1H3;1-4H,5H2;2*1-4H,5-6H2;1-6H;1-4H,5H2;2*1-5H;13*1-2H3;1H4. The number of esters is 1. The molecule has 10 heterocycles. The number of nitrogens with one attached hydrogen (secondary N) is 1. The first-order chi connectivity index (χ1) is 72.7. The molecule has 790 valence electrons. The van der Waals surface area contributed by atoms with E-state index in [4.69, 9.17) is 32.9 Å². The molecule has 0 amide bonds. The fourth-order valence-electron chi connectivity index (χ4n) is 13.3. The van der Waals surface area contributed by atoms with Gasteiger partial charge in [0.25, 0.3) is 0 Å². The summed E-state index contributed by atoms with van der Waals surface area (Å²) >= 11 is 1.68. The molecular formula is C132H173N7O8S. The molecule has 0 saturated heterocycles. The Labute approximate surface area is 893 Å². The molecule has 0 spiro atoms. The number of hydrogen-bond acceptors (Lipinski definition) is 16. The average Bonchev–Trinajstić information content (AvgIpc) is 1.60. The number of thiazole rings is 1. The number of furan rings is 1. The predicted octanol–water partition coefficient (Wildman–Crippen LogP) is 39.6. The summed E-state index contributed by atoms with van der Waals surface area (Å²) in [4.78, 5) is 37.8. The van der Waals surface area contributed by atoms with E-state index in [1.807, 2.05) is 435 Å². The smallest absolute Gasteiger partial charge is 0.336 e. The van der Waals surface area contributed by atoms with Crippen molar-refractivity contribution >= 4 is 101 Å². The predicted molar refractivity (Wildman–Crippen MR) is 645 cm³/mol. The lowest BCUT2D eigenvalue weighted by molar-refractivity contribution is -0.131. The number of azo groups is 1. The topological polar surface area (TPSA) is 201 Å². The van der Waals surface area contributed by atoms with Gasteiger partial charge in [-0.15, -0.1) is 11.3 Å². The summed E-state index contributed by atoms with van der Waals surface area (Å²) < 4.78 is 31.8. The van der Waals surface area contributed by atoms with E-state index >= 15 is 0 Å². The van der Waals surface area contributed by atoms with Crippen molar-refractivity contribution in [2.24, 2.45) is 15.2 Å². The van der Waals surface area contributed by atoms with Crippen LogP contribution in [-0.2, 0) is 56.3 Å². The van der Waals surface area contributed by atoms with Gasteiger partial charge in [-0.25, -0.2) is 14.8 Å². The van der Waals surface area contributed by atoms with Gasteiger partial charge in [-0.1, -0.05) is 448 Å². The van der Waals surface area contributed by atoms with E-state index in [0.29, 0.717) is 17.8 Å². The Morgan fingerprint density at radius 1 is 0.351 bits per heavy atom. The maximum absolute atomic E-state index is 10.7. The highest BCUT2D eigenvalue weighted by Gasteiger charge is 2.19. The van der Waals surface area contributed by atoms with Gasteiger partial charge < -0.3 is 32.9 Å². The van der Waals surface area contributed by atoms with E-state index in [2.05, 4.69) is 133 Å². The van der Waals surface area contributed by atoms with Crippen LogP contribution in [-0.4, -0.2) is 46.6 Å². The van der Waals surface area contributed by atoms with E-state index in [1.165, 1.54) is 81.4 Å². The number of allylic oxidation sites excluding steroid dienone is 1. The number of carbonyl (C=O) groups excluding carboxylic acids is 1. The number of rotatable bonds is 1. The van der Waals surface area contributed by atoms with E-state index in [1.54, 1.807) is 46.9 Å². The number of aromatic nitrogens is 3. The van der Waals surface area contributed by atoms with Crippen molar-refractivity contribution in [2.75, 3.05) is 13.2 Å². The van der Waals surface area contributed by atoms with Gasteiger partial charge in [0.1, 0.15) is 33.9 Å². The lowest BCUT2D eigenvalue weighted by Gasteiger charge is -1.94. The quantitative estimate of drug-likeness (QED) is 0.0709. The molecule has 0 bridgehead atoms. The molecule has 2 aliphatic carbocycles. The number of nitrogens with zero attached hydrogens (tertiary/aromatic N) is 6. The average molecular weight is 2020 g/mol. The fraction of sp³-hybridized carbons (Fsp3) is 0.295. The van der Waals surface area contributed by atoms with Crippen LogP contribution in [0.25, 0.3) is 60.2 Å². The van der Waals surface area contributed by atoms with Crippen LogP contribution in [0.15, 0.2) is 409 Å². The van der Waals surface area contributed by atoms with Crippen molar-refractivity contribution in [3.8, 4) is 17.2 Å². The van der Waals surface area contributed by atoms with E-state index in [9.17, 15) is 9.59 Å². The summed E-state index contributed by atoms with van der Waals surface area (Å²) in [5.74, 6) is 2.70. The Hall–Kier alpha value is -14.9. The number of aryl methyl sites for hydroxylation is 3. The number of para-hydroxylation sites is 10. The number of pyridine rings is 1. The Balaban J connectivity index is 0. The third kappa shape index (κ3) is 51.3. The summed E-state index contributed by atoms with van der Waals surface area (Å²) in [6.45, 7) is 56.5. The highest BCUT2D eigenvalue weighted by molar-refractivity contribution is 7.16. The van der Waals surface area contributed by atoms with Gasteiger partial charge in [0.05, 0.1) is 65.1 Å². The Morgan fingerprint density at radius 2 is 0.804 bits per heavy atom. The van der Waals surface area contributed by atoms with Crippen molar-refractivity contribution in [1.29, 1.82) is 5.41 Å². The number of ether oxygens (including phenoxy) is 3. The molecule has 148 heavy (non-hydrogen) atoms. The molecule has 1 N–H and O–H groups in total. The first-order valence-electron chi connectivity index (χ1n) is 53.1. The lowest BCUT2D eigenvalue weighted by Crippen LogP contribution is -1.99. The second-order valence-electron chi connectivity index (χ2n) is 27.9. The molecule has 5 aromatic heterocycles. The Kier molecular flexibility index (Phi) is 83.0. The van der Waals surface area contributed by atoms with Crippen LogP contribution < -0.4 is 19.8 Å². The van der Waals surface area contributed by atoms with Crippen molar-refractivity contribution in [2.45, 2.75) is 252 Å². The SMILES string of the molecule is C.C1=Cc2ccccc2C1.C1=Nc2ccccc2C1.CC.CC.CC.CC.CC.CC.CC.CC.CC.CC.CC.CC.CC.Cc1ccccc1C=N.O=C1Cc2ccccc2O1.O=c1ccc2ccccc2o1.c1ccc2c(c1)CCC2.c1ccc2c(c1)CCO2.c1ccc2c(c1)CCO2.c1ccc2c(c1)CN=N2.c1ccc2ncccc2c1.c1ccc2occc2c1.c1ccc2ocnc2c1.c1ccc2scnc2c1. The summed E-state index contributed by atoms with van der Waals surface area (Å²) in [5, 5.41) is 18.1. The number of aliphatic imine (C=N–C) groups is 1. The second kappa shape index (κ2) is 90.9. The van der Waals surface area contributed by atoms with E-state index in [0.717, 1.165) is 123 Å². The molecule has 25 rings (SSSR count). The van der Waals surface area contributed by atoms with Crippen molar-refractivity contribution in [1.82, 2.24) is 15.0 Å². The second-order valence-corrected chi connectivity index (χ2v) is 28.7. The number of carbonyl (C=O) groups is 1. The molecule has 0 unspecified atom stereocenters. The molecule has 5 aliphatic heterocycles. The lowest BCUT2D eigenvalue weighted by atomic mass is 10.1. The van der Waals surface area contributed by atoms with Crippen molar-refractivity contribution in [3.63, 3.8) is 0 Å². The summed E-state index contributed by atoms with van der Waals surface area (Å²) in [6.07, 6.45) is 21.3. The first kappa shape index (κ1) is 135. The minimum Gasteiger partial charge on any atom is -0.493 e. The van der Waals surface area contributed by atoms with Crippen LogP contribution in [0.5, 0.6) is 17.2 Å². The van der Waals surface area contributed by atoms with Gasteiger partial charge in [-0.3, -0.25) is 14.8 Å². The van der Waals surface area contributed by atoms with Crippen molar-refractivity contribution < 1.29 is 32.3 Å². The first-order valence-corrected chi connectivity index (χ1v) is 54.0. The van der Waals surface area contributed by atoms with Gasteiger partial charge in [-0.2, -0.15) is 10.2 Å². The minimum absolute atomic E-state index is 0. The van der Waals surface area contributed by atoms with Gasteiger partial charge in [-0.05, 0) is 174 Å². The van der Waals surface area contributed by atoms with Gasteiger partial charge in [0.2, 0.25) is 0 Å². The fourth-order valence-corrected chi connectivity index (χ4v) is 14.0. The van der Waals surface area contributed by atoms with Crippen LogP contribution in [0.4, 0.5) is 11.4 Å². The normalized spacial score (nSPS) is 10.6. The van der Waals surface area contributed by atoms with Crippen LogP contribution in [0, 0.1) is 12.3 Å². The summed E-state index contributed by atoms with van der Waals surface area (Å²) in [5.41, 5.74) is 23.6. The van der Waals surface area contributed by atoms with Crippen LogP contribution >= 0.6 is 11.3 Å². The highest BCUT2D eigenvalue weighted by Crippen LogP contribution is 2.29. The zero-order valence-electron chi connectivity index (χ0n) is 93.2. The molecule has 18 aromatic rings. The number of benzene rings is 13. The van der Waals surface area contributed by atoms with Crippen molar-refractivity contribution in [3.05, 3.63) is 448 Å². The zero-order chi connectivity index (χ0) is 109. The maximum Gasteiger partial charge on any atom is 0.336 e. The Morgan fingerprint density at radius 3 is 1.33 bits per heavy atom. The zero-order valence-corrected chi connectivity index (χ0v) is 94.0. The molecular weight excluding hydrogens is 1840 g/mol. The molecule has 0 radical (unpaired) electrons. The largest absolute Gasteiger partial charge is 0.493 e. The molecule has 7 aliphatic rings. The molecule has 0 atom stereocenters. The van der Waals surface area contributed by atoms with Crippen LogP contribution in [0.2, 0.25) is 0 Å². The highest BCUT2D eigenvalue weighted by atomic mass is 32.1. The van der Waals surface area contributed by atoms with Crippen LogP contribution in [0.3, 0.4) is 0 Å². The molecule has 16 heteroatoms. The van der Waals surface area contributed by atoms with E-state index < -0.39 is 0 Å². The third-order valence-corrected chi connectivity index (χ3v) is 20.4. The molecule has 15 nitrogen and oxygen atoms in total. The molecule has 0 saturated carbocycles. The van der Waals surface area contributed by atoms with Crippen LogP contribution in [0.1, 0.15) is 255 Å². The van der Waals surface area contributed by atoms with Gasteiger partial charge in [0.15, 0.2) is 12.0 Å². The monoisotopic (exact) mass is 2020 g/mol. The minimum atomic E-state index is -0.302. The van der Waals surface area contributed by atoms with Gasteiger partial charge in [0, 0.05) is 71.2 Å². The Bertz CT molecular complexity index is 5790.